The van der Waals surface area contributed by atoms with E-state index in [9.17, 15) is 0 Å². The average Bonchev–Trinajstić information content (AvgIpc) is 3.85. The molecule has 2 unspecified atom stereocenters. The first-order valence-electron chi connectivity index (χ1n) is 14.6. The molecule has 43 heavy (non-hydrogen) atoms. The maximum Gasteiger partial charge on any atom is 0.120 e. The normalized spacial score (nSPS) is 21.0. The number of H-pyrrole nitrogens is 1. The second-order valence-electron chi connectivity index (χ2n) is 11.6. The van der Waals surface area contributed by atoms with Crippen molar-refractivity contribution in [2.24, 2.45) is 0 Å². The van der Waals surface area contributed by atoms with E-state index in [0.29, 0.717) is 0 Å². The molecule has 0 radical (unpaired) electrons. The van der Waals surface area contributed by atoms with Crippen molar-refractivity contribution in [1.82, 2.24) is 30.0 Å². The van der Waals surface area contributed by atoms with Crippen molar-refractivity contribution in [3.8, 4) is 22.3 Å². The quantitative estimate of drug-likeness (QED) is 0.268. The van der Waals surface area contributed by atoms with E-state index in [-0.39, 0.29) is 0 Å². The molecule has 6 aromatic rings. The molecule has 0 fully saturated rings. The highest BCUT2D eigenvalue weighted by molar-refractivity contribution is 5.86. The number of hydrogen-bond acceptors (Lipinski definition) is 5. The van der Waals surface area contributed by atoms with Gasteiger partial charge in [-0.05, 0) is 68.3 Å². The Balaban J connectivity index is 1.38. The summed E-state index contributed by atoms with van der Waals surface area (Å²) in [6, 6.07) is 33.1. The van der Waals surface area contributed by atoms with Crippen LogP contribution in [-0.2, 0) is 11.0 Å². The fourth-order valence-corrected chi connectivity index (χ4v) is 7.95. The van der Waals surface area contributed by atoms with Crippen LogP contribution >= 0.6 is 0 Å². The highest BCUT2D eigenvalue weighted by Crippen LogP contribution is 2.58. The molecule has 6 heteroatoms. The fraction of sp³-hybridized carbons (Fsp3) is 0.108. The number of rotatable bonds is 4. The van der Waals surface area contributed by atoms with Crippen LogP contribution in [0.2, 0.25) is 0 Å². The molecule has 2 atom stereocenters. The fourth-order valence-electron chi connectivity index (χ4n) is 7.95. The van der Waals surface area contributed by atoms with E-state index in [1.807, 2.05) is 24.8 Å². The molecule has 3 aromatic carbocycles. The molecule has 9 rings (SSSR count). The number of nitrogens with one attached hydrogen (secondary N) is 1. The standard InChI is InChI=1S/C37H28N6/c1-42-19-20-43(24-42)37(32-12-5-3-10-28(32)30-14-17-39-23-34(30)37)26-8-6-7-25(21-26)36(35-15-18-40-41-35)31-11-4-2-9-27(31)29-13-16-38-22-33(29)36/h2-23H,24H2,1H3,(H,40,41). The molecular weight excluding hydrogens is 528 g/mol. The third-order valence-corrected chi connectivity index (χ3v) is 9.59. The summed E-state index contributed by atoms with van der Waals surface area (Å²) in [5.74, 6) is 0. The zero-order valence-electron chi connectivity index (χ0n) is 23.6. The average molecular weight is 557 g/mol. The molecule has 1 aliphatic heterocycles. The zero-order chi connectivity index (χ0) is 28.6. The van der Waals surface area contributed by atoms with E-state index in [1.165, 1.54) is 50.1 Å². The van der Waals surface area contributed by atoms with Gasteiger partial charge in [0.15, 0.2) is 0 Å². The Bertz CT molecular complexity index is 1970. The van der Waals surface area contributed by atoms with Gasteiger partial charge in [-0.2, -0.15) is 5.10 Å². The van der Waals surface area contributed by atoms with Gasteiger partial charge in [0.2, 0.25) is 0 Å². The number of aromatic nitrogens is 4. The van der Waals surface area contributed by atoms with Crippen LogP contribution in [0.15, 0.2) is 134 Å². The topological polar surface area (TPSA) is 60.9 Å². The second-order valence-corrected chi connectivity index (χ2v) is 11.6. The van der Waals surface area contributed by atoms with Gasteiger partial charge in [-0.25, -0.2) is 0 Å². The molecule has 3 aromatic heterocycles. The lowest BCUT2D eigenvalue weighted by molar-refractivity contribution is 0.197. The third kappa shape index (κ3) is 2.99. The van der Waals surface area contributed by atoms with E-state index < -0.39 is 11.0 Å². The van der Waals surface area contributed by atoms with E-state index in [0.717, 1.165) is 17.9 Å². The molecule has 6 nitrogen and oxygen atoms in total. The van der Waals surface area contributed by atoms with Gasteiger partial charge in [-0.15, -0.1) is 0 Å². The van der Waals surface area contributed by atoms with Crippen molar-refractivity contribution in [3.05, 3.63) is 173 Å². The van der Waals surface area contributed by atoms with Crippen LogP contribution in [0.25, 0.3) is 22.3 Å². The molecule has 1 N–H and O–H groups in total. The maximum atomic E-state index is 4.68. The summed E-state index contributed by atoms with van der Waals surface area (Å²) >= 11 is 0. The van der Waals surface area contributed by atoms with Gasteiger partial charge in [0.1, 0.15) is 5.54 Å². The first-order valence-corrected chi connectivity index (χ1v) is 14.6. The van der Waals surface area contributed by atoms with Gasteiger partial charge in [-0.1, -0.05) is 72.8 Å². The zero-order valence-corrected chi connectivity index (χ0v) is 23.6. The summed E-state index contributed by atoms with van der Waals surface area (Å²) in [7, 11) is 2.12. The number of benzene rings is 3. The molecule has 2 aliphatic carbocycles. The van der Waals surface area contributed by atoms with Gasteiger partial charge < -0.3 is 9.80 Å². The van der Waals surface area contributed by atoms with Crippen LogP contribution in [0.1, 0.15) is 39.1 Å². The lowest BCUT2D eigenvalue weighted by Crippen LogP contribution is -2.45. The summed E-state index contributed by atoms with van der Waals surface area (Å²) in [4.78, 5) is 14.0. The smallest absolute Gasteiger partial charge is 0.120 e. The highest BCUT2D eigenvalue weighted by atomic mass is 15.4. The lowest BCUT2D eigenvalue weighted by Gasteiger charge is -2.42. The monoisotopic (exact) mass is 556 g/mol. The number of hydrogen-bond donors (Lipinski definition) is 1. The first-order chi connectivity index (χ1) is 21.2. The highest BCUT2D eigenvalue weighted by Gasteiger charge is 2.52. The summed E-state index contributed by atoms with van der Waals surface area (Å²) in [5.41, 5.74) is 11.9. The third-order valence-electron chi connectivity index (χ3n) is 9.59. The molecule has 206 valence electrons. The Morgan fingerprint density at radius 2 is 1.30 bits per heavy atom. The summed E-state index contributed by atoms with van der Waals surface area (Å²) in [5, 5.41) is 7.83. The van der Waals surface area contributed by atoms with Gasteiger partial charge in [0, 0.05) is 56.0 Å². The Morgan fingerprint density at radius 1 is 0.628 bits per heavy atom. The number of nitrogens with zero attached hydrogens (tertiary/aromatic N) is 5. The summed E-state index contributed by atoms with van der Waals surface area (Å²) in [6.45, 7) is 0.758. The van der Waals surface area contributed by atoms with E-state index in [4.69, 9.17) is 0 Å². The largest absolute Gasteiger partial charge is 0.362 e. The van der Waals surface area contributed by atoms with Crippen molar-refractivity contribution in [2.75, 3.05) is 13.7 Å². The molecule has 0 amide bonds. The molecule has 4 heterocycles. The predicted molar refractivity (Wildman–Crippen MR) is 167 cm³/mol. The predicted octanol–water partition coefficient (Wildman–Crippen LogP) is 6.51. The molecule has 3 aliphatic rings. The maximum absolute atomic E-state index is 4.68. The minimum absolute atomic E-state index is 0.567. The lowest BCUT2D eigenvalue weighted by atomic mass is 9.69. The van der Waals surface area contributed by atoms with Crippen molar-refractivity contribution < 1.29 is 0 Å². The molecule has 0 spiro atoms. The van der Waals surface area contributed by atoms with E-state index in [1.54, 1.807) is 0 Å². The Kier molecular flexibility index (Phi) is 4.92. The van der Waals surface area contributed by atoms with Crippen molar-refractivity contribution in [3.63, 3.8) is 0 Å². The Morgan fingerprint density at radius 3 is 2.05 bits per heavy atom. The van der Waals surface area contributed by atoms with Crippen LogP contribution < -0.4 is 0 Å². The van der Waals surface area contributed by atoms with Crippen molar-refractivity contribution in [2.45, 2.75) is 11.0 Å². The van der Waals surface area contributed by atoms with Gasteiger partial charge in [-0.3, -0.25) is 15.1 Å². The summed E-state index contributed by atoms with van der Waals surface area (Å²) in [6.07, 6.45) is 14.1. The van der Waals surface area contributed by atoms with Crippen molar-refractivity contribution >= 4 is 0 Å². The number of aromatic amines is 1. The minimum Gasteiger partial charge on any atom is -0.362 e. The van der Waals surface area contributed by atoms with E-state index in [2.05, 4.69) is 147 Å². The van der Waals surface area contributed by atoms with Crippen LogP contribution in [0.5, 0.6) is 0 Å². The molecule has 0 bridgehead atoms. The van der Waals surface area contributed by atoms with Gasteiger partial charge >= 0.3 is 0 Å². The van der Waals surface area contributed by atoms with E-state index >= 15 is 0 Å². The Labute approximate surface area is 250 Å². The second kappa shape index (κ2) is 8.76. The first kappa shape index (κ1) is 24.1. The van der Waals surface area contributed by atoms with Crippen LogP contribution in [0.4, 0.5) is 0 Å². The number of fused-ring (bicyclic) bond motifs is 6. The van der Waals surface area contributed by atoms with Crippen molar-refractivity contribution in [1.29, 1.82) is 0 Å². The van der Waals surface area contributed by atoms with Gasteiger partial charge in [0.25, 0.3) is 0 Å². The molecule has 0 saturated carbocycles. The van der Waals surface area contributed by atoms with Crippen LogP contribution in [0.3, 0.4) is 0 Å². The van der Waals surface area contributed by atoms with Gasteiger partial charge in [0.05, 0.1) is 17.8 Å². The summed E-state index contributed by atoms with van der Waals surface area (Å²) < 4.78 is 0. The molecule has 0 saturated heterocycles. The van der Waals surface area contributed by atoms with Crippen LogP contribution in [0, 0.1) is 0 Å². The molecular formula is C37H28N6. The SMILES string of the molecule is CN1C=CN(C2(c3cccc(C4(c5ccn[nH]5)c5ccccc5-c5ccncc54)c3)c3ccccc3-c3ccncc32)C1. The van der Waals surface area contributed by atoms with Crippen LogP contribution in [-0.4, -0.2) is 43.7 Å². The Hall–Kier alpha value is -5.49. The minimum atomic E-state index is -0.610. The number of pyridine rings is 2.